The lowest BCUT2D eigenvalue weighted by molar-refractivity contribution is 0.602. The number of hydrogen-bond acceptors (Lipinski definition) is 4. The van der Waals surface area contributed by atoms with Crippen molar-refractivity contribution in [3.63, 3.8) is 0 Å². The number of sulfone groups is 1. The van der Waals surface area contributed by atoms with Crippen molar-refractivity contribution >= 4 is 21.4 Å². The Kier molecular flexibility index (Phi) is 4.36. The predicted molar refractivity (Wildman–Crippen MR) is 96.2 cm³/mol. The molecule has 2 aromatic carbocycles. The van der Waals surface area contributed by atoms with Gasteiger partial charge in [-0.05, 0) is 42.0 Å². The summed E-state index contributed by atoms with van der Waals surface area (Å²) in [7, 11) is -3.35. The maximum atomic E-state index is 12.3. The summed E-state index contributed by atoms with van der Waals surface area (Å²) in [5.74, 6) is 0. The molecule has 0 unspecified atom stereocenters. The third-order valence-electron chi connectivity index (χ3n) is 3.60. The van der Waals surface area contributed by atoms with Crippen molar-refractivity contribution in [1.82, 2.24) is 9.55 Å². The first kappa shape index (κ1) is 17.2. The van der Waals surface area contributed by atoms with Crippen molar-refractivity contribution in [1.29, 1.82) is 0 Å². The fraction of sp³-hybridized carbons (Fsp3) is 0.0588. The molecule has 0 aliphatic rings. The zero-order valence-corrected chi connectivity index (χ0v) is 14.6. The van der Waals surface area contributed by atoms with Crippen LogP contribution in [0.3, 0.4) is 0 Å². The van der Waals surface area contributed by atoms with Gasteiger partial charge in [0, 0.05) is 17.3 Å². The molecule has 1 N–H and O–H groups in total. The van der Waals surface area contributed by atoms with Gasteiger partial charge in [-0.2, -0.15) is 0 Å². The molecule has 0 saturated carbocycles. The van der Waals surface area contributed by atoms with Crippen molar-refractivity contribution in [3.05, 3.63) is 80.5 Å². The minimum atomic E-state index is -3.35. The van der Waals surface area contributed by atoms with E-state index in [1.807, 2.05) is 0 Å². The minimum Gasteiger partial charge on any atom is -0.274 e. The lowest BCUT2D eigenvalue weighted by Gasteiger charge is -2.13. The van der Waals surface area contributed by atoms with Gasteiger partial charge >= 0.3 is 5.69 Å². The summed E-state index contributed by atoms with van der Waals surface area (Å²) in [6, 6.07) is 13.8. The van der Waals surface area contributed by atoms with E-state index in [1.54, 1.807) is 24.3 Å². The number of nitrogens with zero attached hydrogens (tertiary/aromatic N) is 1. The van der Waals surface area contributed by atoms with Crippen LogP contribution in [0.1, 0.15) is 0 Å². The molecule has 0 aliphatic heterocycles. The Balaban J connectivity index is 2.24. The molecule has 6 nitrogen and oxygen atoms in total. The maximum Gasteiger partial charge on any atom is 0.333 e. The monoisotopic (exact) mass is 376 g/mol. The summed E-state index contributed by atoms with van der Waals surface area (Å²) in [5.41, 5.74) is 0.277. The van der Waals surface area contributed by atoms with Gasteiger partial charge in [-0.1, -0.05) is 23.7 Å². The van der Waals surface area contributed by atoms with Crippen LogP contribution in [0.4, 0.5) is 0 Å². The second kappa shape index (κ2) is 6.34. The third-order valence-corrected chi connectivity index (χ3v) is 4.99. The van der Waals surface area contributed by atoms with Gasteiger partial charge in [0.25, 0.3) is 5.56 Å². The van der Waals surface area contributed by atoms with E-state index in [2.05, 4.69) is 4.98 Å². The highest BCUT2D eigenvalue weighted by Crippen LogP contribution is 2.22. The first-order valence-corrected chi connectivity index (χ1v) is 9.45. The highest BCUT2D eigenvalue weighted by Gasteiger charge is 2.12. The van der Waals surface area contributed by atoms with Crippen LogP contribution in [0.15, 0.2) is 69.1 Å². The van der Waals surface area contributed by atoms with Gasteiger partial charge in [0.1, 0.15) is 0 Å². The van der Waals surface area contributed by atoms with Gasteiger partial charge in [0.15, 0.2) is 9.84 Å². The van der Waals surface area contributed by atoms with Crippen LogP contribution in [0, 0.1) is 0 Å². The van der Waals surface area contributed by atoms with Gasteiger partial charge in [-0.3, -0.25) is 14.3 Å². The van der Waals surface area contributed by atoms with Crippen LogP contribution in [0.2, 0.25) is 5.02 Å². The van der Waals surface area contributed by atoms with E-state index in [4.69, 9.17) is 11.6 Å². The van der Waals surface area contributed by atoms with E-state index >= 15 is 0 Å². The van der Waals surface area contributed by atoms with Crippen molar-refractivity contribution in [2.75, 3.05) is 6.26 Å². The topological polar surface area (TPSA) is 89.0 Å². The Morgan fingerprint density at radius 1 is 0.960 bits per heavy atom. The lowest BCUT2D eigenvalue weighted by Crippen LogP contribution is -2.29. The Hall–Kier alpha value is -2.64. The molecule has 0 radical (unpaired) electrons. The zero-order chi connectivity index (χ0) is 18.2. The third kappa shape index (κ3) is 3.57. The van der Waals surface area contributed by atoms with Crippen LogP contribution in [0.5, 0.6) is 0 Å². The Morgan fingerprint density at radius 3 is 2.12 bits per heavy atom. The Morgan fingerprint density at radius 2 is 1.56 bits per heavy atom. The largest absolute Gasteiger partial charge is 0.333 e. The van der Waals surface area contributed by atoms with Crippen LogP contribution in [0.25, 0.3) is 16.9 Å². The molecule has 0 saturated heterocycles. The van der Waals surface area contributed by atoms with E-state index in [1.165, 1.54) is 34.9 Å². The summed E-state index contributed by atoms with van der Waals surface area (Å²) in [5, 5.41) is 0.528. The summed E-state index contributed by atoms with van der Waals surface area (Å²) in [6.07, 6.45) is 1.10. The Labute approximate surface area is 148 Å². The molecule has 0 bridgehead atoms. The first-order chi connectivity index (χ1) is 11.8. The van der Waals surface area contributed by atoms with Gasteiger partial charge in [0.2, 0.25) is 0 Å². The second-order valence-corrected chi connectivity index (χ2v) is 7.88. The van der Waals surface area contributed by atoms with Crippen LogP contribution >= 0.6 is 11.6 Å². The molecule has 8 heteroatoms. The van der Waals surface area contributed by atoms with Crippen molar-refractivity contribution in [3.8, 4) is 16.9 Å². The second-order valence-electron chi connectivity index (χ2n) is 5.43. The van der Waals surface area contributed by atoms with E-state index in [-0.39, 0.29) is 4.90 Å². The number of H-pyrrole nitrogens is 1. The number of aromatic nitrogens is 2. The summed E-state index contributed by atoms with van der Waals surface area (Å²) in [6.45, 7) is 0. The van der Waals surface area contributed by atoms with Crippen LogP contribution in [-0.4, -0.2) is 24.2 Å². The summed E-state index contributed by atoms with van der Waals surface area (Å²) < 4.78 is 24.5. The molecular weight excluding hydrogens is 364 g/mol. The first-order valence-electron chi connectivity index (χ1n) is 7.18. The van der Waals surface area contributed by atoms with Gasteiger partial charge in [-0.15, -0.1) is 0 Å². The average molecular weight is 377 g/mol. The van der Waals surface area contributed by atoms with Gasteiger partial charge < -0.3 is 0 Å². The number of hydrogen-bond donors (Lipinski definition) is 1. The predicted octanol–water partition coefficient (Wildman–Crippen LogP) is 2.25. The SMILES string of the molecule is CS(=O)(=O)c1ccc(-n2c(-c3ccc(Cl)cc3)cc(=O)[nH]c2=O)cc1. The zero-order valence-electron chi connectivity index (χ0n) is 13.1. The molecule has 0 amide bonds. The normalized spacial score (nSPS) is 11.4. The summed E-state index contributed by atoms with van der Waals surface area (Å²) >= 11 is 5.89. The van der Waals surface area contributed by atoms with Gasteiger partial charge in [0.05, 0.1) is 16.3 Å². The molecule has 1 heterocycles. The highest BCUT2D eigenvalue weighted by molar-refractivity contribution is 7.90. The van der Waals surface area contributed by atoms with Crippen molar-refractivity contribution in [2.45, 2.75) is 4.90 Å². The number of benzene rings is 2. The fourth-order valence-electron chi connectivity index (χ4n) is 2.43. The number of nitrogens with one attached hydrogen (secondary N) is 1. The number of rotatable bonds is 3. The Bertz CT molecular complexity index is 1140. The number of aromatic amines is 1. The molecule has 128 valence electrons. The van der Waals surface area contributed by atoms with Crippen molar-refractivity contribution in [2.24, 2.45) is 0 Å². The van der Waals surface area contributed by atoms with E-state index in [9.17, 15) is 18.0 Å². The quantitative estimate of drug-likeness (QED) is 0.759. The van der Waals surface area contributed by atoms with Crippen LogP contribution in [-0.2, 0) is 9.84 Å². The molecule has 3 rings (SSSR count). The molecule has 3 aromatic rings. The molecule has 0 fully saturated rings. The molecule has 0 atom stereocenters. The van der Waals surface area contributed by atoms with Crippen molar-refractivity contribution < 1.29 is 8.42 Å². The van der Waals surface area contributed by atoms with Crippen LogP contribution < -0.4 is 11.2 Å². The van der Waals surface area contributed by atoms with E-state index in [0.29, 0.717) is 22.0 Å². The summed E-state index contributed by atoms with van der Waals surface area (Å²) in [4.78, 5) is 26.4. The highest BCUT2D eigenvalue weighted by atomic mass is 35.5. The fourth-order valence-corrected chi connectivity index (χ4v) is 3.18. The smallest absolute Gasteiger partial charge is 0.274 e. The lowest BCUT2D eigenvalue weighted by atomic mass is 10.1. The van der Waals surface area contributed by atoms with Gasteiger partial charge in [-0.25, -0.2) is 13.2 Å². The molecule has 0 spiro atoms. The van der Waals surface area contributed by atoms with E-state index in [0.717, 1.165) is 6.26 Å². The standard InChI is InChI=1S/C17H13ClN2O4S/c1-25(23,24)14-8-6-13(7-9-14)20-15(10-16(21)19-17(20)22)11-2-4-12(18)5-3-11/h2-10H,1H3,(H,19,21,22). The van der Waals surface area contributed by atoms with E-state index < -0.39 is 21.1 Å². The number of halogens is 1. The minimum absolute atomic E-state index is 0.141. The molecule has 0 aliphatic carbocycles. The molecule has 1 aromatic heterocycles. The average Bonchev–Trinajstić information content (AvgIpc) is 2.54. The molecule has 25 heavy (non-hydrogen) atoms. The maximum absolute atomic E-state index is 12.3. The molecular formula is C17H13ClN2O4S.